The summed E-state index contributed by atoms with van der Waals surface area (Å²) in [4.78, 5) is 83.8. The van der Waals surface area contributed by atoms with Crippen molar-refractivity contribution in [2.45, 2.75) is 77.2 Å². The summed E-state index contributed by atoms with van der Waals surface area (Å²) in [6, 6.07) is 13.5. The standard InChI is InChI=1S/C44H53N11O8/c1-24(2)36(49-43(59)62-6)40(56)53-18-8-9-34(53)38-45-20-31(47-38)28-14-10-26(11-15-28)27-12-16-29(17-13-27)32-21-46-39(48-32)35-19-30(55-23-33(51-52-55)42(58)61-5)22-54(35)41(57)37(25(3)4)50-44(60)63-7/h10-17,20-21,23-25,30,34-37H,8-9,18-19,22H2,1-7H3,(H,45,47)(H,46,48)(H,49,59)(H,50,60)/t30-,34-,35?,36-,37-/m0/s1. The number of carbonyl (C=O) groups excluding carboxylic acids is 5. The molecule has 0 bridgehead atoms. The number of rotatable bonds is 13. The van der Waals surface area contributed by atoms with Crippen molar-refractivity contribution in [3.05, 3.63) is 84.5 Å². The van der Waals surface area contributed by atoms with Gasteiger partial charge in [-0.05, 0) is 53.4 Å². The molecule has 4 amide bonds. The van der Waals surface area contributed by atoms with E-state index in [2.05, 4.69) is 35.9 Å². The Kier molecular flexibility index (Phi) is 13.2. The number of amides is 4. The van der Waals surface area contributed by atoms with Gasteiger partial charge in [-0.2, -0.15) is 0 Å². The highest BCUT2D eigenvalue weighted by atomic mass is 16.5. The van der Waals surface area contributed by atoms with Gasteiger partial charge >= 0.3 is 18.2 Å². The summed E-state index contributed by atoms with van der Waals surface area (Å²) < 4.78 is 15.9. The number of carbonyl (C=O) groups is 5. The molecule has 63 heavy (non-hydrogen) atoms. The number of hydrogen-bond donors (Lipinski definition) is 4. The Morgan fingerprint density at radius 1 is 0.683 bits per heavy atom. The van der Waals surface area contributed by atoms with E-state index in [4.69, 9.17) is 19.2 Å². The molecule has 0 aliphatic carbocycles. The van der Waals surface area contributed by atoms with Crippen LogP contribution in [-0.2, 0) is 23.8 Å². The number of aromatic amines is 2. The van der Waals surface area contributed by atoms with Crippen LogP contribution < -0.4 is 10.6 Å². The van der Waals surface area contributed by atoms with Gasteiger partial charge < -0.3 is 44.6 Å². The molecule has 4 N–H and O–H groups in total. The lowest BCUT2D eigenvalue weighted by Gasteiger charge is -2.30. The third kappa shape index (κ3) is 9.41. The largest absolute Gasteiger partial charge is 0.464 e. The van der Waals surface area contributed by atoms with Gasteiger partial charge in [0.1, 0.15) is 23.7 Å². The van der Waals surface area contributed by atoms with E-state index in [0.717, 1.165) is 46.5 Å². The second-order valence-corrected chi connectivity index (χ2v) is 16.4. The number of benzene rings is 2. The van der Waals surface area contributed by atoms with E-state index in [-0.39, 0.29) is 48.0 Å². The van der Waals surface area contributed by atoms with Gasteiger partial charge in [0, 0.05) is 13.1 Å². The highest BCUT2D eigenvalue weighted by molar-refractivity contribution is 5.88. The minimum Gasteiger partial charge on any atom is -0.464 e. The van der Waals surface area contributed by atoms with Crippen molar-refractivity contribution < 1.29 is 38.2 Å². The molecular formula is C44H53N11O8. The molecular weight excluding hydrogens is 811 g/mol. The fraction of sp³-hybridized carbons (Fsp3) is 0.432. The van der Waals surface area contributed by atoms with Crippen LogP contribution in [0.3, 0.4) is 0 Å². The maximum atomic E-state index is 14.1. The number of hydrogen-bond acceptors (Lipinski definition) is 12. The molecule has 1 unspecified atom stereocenters. The SMILES string of the molecule is COC(=O)N[C@H](C(=O)N1C[C@@H](n2cc(C(=O)OC)nn2)CC1c1ncc(-c2ccc(-c3ccc(-c4cnc([C@@H]5CCCN5C(=O)[C@@H](NC(=O)OC)C(C)C)[nH]4)cc3)cc2)[nH]1)C(C)C. The molecule has 19 nitrogen and oxygen atoms in total. The number of likely N-dealkylation sites (tertiary alicyclic amines) is 2. The van der Waals surface area contributed by atoms with Gasteiger partial charge in [0.15, 0.2) is 5.69 Å². The van der Waals surface area contributed by atoms with E-state index in [1.54, 1.807) is 26.9 Å². The minimum absolute atomic E-state index is 0.0494. The van der Waals surface area contributed by atoms with E-state index in [1.165, 1.54) is 27.5 Å². The summed E-state index contributed by atoms with van der Waals surface area (Å²) in [5, 5.41) is 13.5. The molecule has 7 rings (SSSR count). The molecule has 0 saturated carbocycles. The van der Waals surface area contributed by atoms with E-state index in [1.807, 2.05) is 76.2 Å². The number of esters is 1. The first kappa shape index (κ1) is 44.0. The minimum atomic E-state index is -0.866. The molecule has 2 saturated heterocycles. The molecule has 2 aliphatic rings. The van der Waals surface area contributed by atoms with Gasteiger partial charge in [0.25, 0.3) is 0 Å². The predicted molar refractivity (Wildman–Crippen MR) is 229 cm³/mol. The highest BCUT2D eigenvalue weighted by Crippen LogP contribution is 2.39. The van der Waals surface area contributed by atoms with Crippen LogP contribution in [0.2, 0.25) is 0 Å². The van der Waals surface area contributed by atoms with Crippen LogP contribution in [0.5, 0.6) is 0 Å². The summed E-state index contributed by atoms with van der Waals surface area (Å²) in [5.74, 6) is -0.207. The normalized spacial score (nSPS) is 18.3. The van der Waals surface area contributed by atoms with Crippen molar-refractivity contribution in [2.75, 3.05) is 34.4 Å². The number of ether oxygens (including phenoxy) is 3. The molecule has 332 valence electrons. The zero-order valence-electron chi connectivity index (χ0n) is 36.3. The summed E-state index contributed by atoms with van der Waals surface area (Å²) in [6.45, 7) is 8.26. The van der Waals surface area contributed by atoms with Crippen molar-refractivity contribution in [1.29, 1.82) is 0 Å². The quantitative estimate of drug-likeness (QED) is 0.0855. The molecule has 2 aromatic carbocycles. The second-order valence-electron chi connectivity index (χ2n) is 16.4. The molecule has 2 aliphatic heterocycles. The molecule has 0 spiro atoms. The predicted octanol–water partition coefficient (Wildman–Crippen LogP) is 5.45. The van der Waals surface area contributed by atoms with E-state index >= 15 is 0 Å². The summed E-state index contributed by atoms with van der Waals surface area (Å²) in [7, 11) is 3.79. The van der Waals surface area contributed by atoms with E-state index in [9.17, 15) is 24.0 Å². The Morgan fingerprint density at radius 2 is 1.17 bits per heavy atom. The van der Waals surface area contributed by atoms with Crippen LogP contribution in [0.25, 0.3) is 33.6 Å². The van der Waals surface area contributed by atoms with Crippen molar-refractivity contribution in [2.24, 2.45) is 11.8 Å². The Balaban J connectivity index is 1.05. The van der Waals surface area contributed by atoms with Gasteiger partial charge in [-0.1, -0.05) is 81.4 Å². The van der Waals surface area contributed by atoms with Crippen molar-refractivity contribution in [1.82, 2.24) is 55.4 Å². The zero-order valence-corrected chi connectivity index (χ0v) is 36.3. The number of aromatic nitrogens is 7. The van der Waals surface area contributed by atoms with Crippen LogP contribution in [0, 0.1) is 11.8 Å². The Hall–Kier alpha value is -7.05. The Morgan fingerprint density at radius 3 is 1.67 bits per heavy atom. The van der Waals surface area contributed by atoms with Gasteiger partial charge in [0.2, 0.25) is 11.8 Å². The average Bonchev–Trinajstić information content (AvgIpc) is 4.15. The lowest BCUT2D eigenvalue weighted by molar-refractivity contribution is -0.136. The van der Waals surface area contributed by atoms with E-state index < -0.39 is 36.3 Å². The van der Waals surface area contributed by atoms with Crippen molar-refractivity contribution >= 4 is 30.0 Å². The first-order chi connectivity index (χ1) is 30.3. The second kappa shape index (κ2) is 18.9. The zero-order chi connectivity index (χ0) is 44.9. The third-order valence-corrected chi connectivity index (χ3v) is 11.7. The number of imidazole rings is 2. The first-order valence-electron chi connectivity index (χ1n) is 20.9. The van der Waals surface area contributed by atoms with Crippen LogP contribution in [-0.4, -0.2) is 121 Å². The Labute approximate surface area is 364 Å². The van der Waals surface area contributed by atoms with Crippen LogP contribution in [0.1, 0.15) is 87.2 Å². The van der Waals surface area contributed by atoms with Crippen LogP contribution in [0.15, 0.2) is 67.1 Å². The monoisotopic (exact) mass is 863 g/mol. The molecule has 0 radical (unpaired) electrons. The molecule has 5 atom stereocenters. The number of nitrogens with zero attached hydrogens (tertiary/aromatic N) is 7. The molecule has 19 heteroatoms. The van der Waals surface area contributed by atoms with E-state index in [0.29, 0.717) is 24.6 Å². The molecule has 3 aromatic heterocycles. The average molecular weight is 864 g/mol. The van der Waals surface area contributed by atoms with Crippen LogP contribution >= 0.6 is 0 Å². The fourth-order valence-electron chi connectivity index (χ4n) is 8.22. The van der Waals surface area contributed by atoms with Gasteiger partial charge in [0.05, 0.1) is 69.4 Å². The molecule has 5 heterocycles. The summed E-state index contributed by atoms with van der Waals surface area (Å²) in [5.41, 5.74) is 5.47. The number of H-pyrrole nitrogens is 2. The fourth-order valence-corrected chi connectivity index (χ4v) is 8.22. The highest BCUT2D eigenvalue weighted by Gasteiger charge is 2.43. The maximum absolute atomic E-state index is 14.1. The maximum Gasteiger partial charge on any atom is 0.407 e. The van der Waals surface area contributed by atoms with Crippen LogP contribution in [0.4, 0.5) is 9.59 Å². The van der Waals surface area contributed by atoms with Gasteiger partial charge in [-0.25, -0.2) is 29.0 Å². The van der Waals surface area contributed by atoms with Crippen molar-refractivity contribution in [3.63, 3.8) is 0 Å². The smallest absolute Gasteiger partial charge is 0.407 e. The lowest BCUT2D eigenvalue weighted by Crippen LogP contribution is -2.51. The van der Waals surface area contributed by atoms with Gasteiger partial charge in [-0.3, -0.25) is 9.59 Å². The lowest BCUT2D eigenvalue weighted by atomic mass is 10.0. The van der Waals surface area contributed by atoms with Gasteiger partial charge in [-0.15, -0.1) is 5.10 Å². The molecule has 2 fully saturated rings. The molecule has 5 aromatic rings. The summed E-state index contributed by atoms with van der Waals surface area (Å²) >= 11 is 0. The number of alkyl carbamates (subject to hydrolysis) is 2. The van der Waals surface area contributed by atoms with Crippen molar-refractivity contribution in [3.8, 4) is 33.6 Å². The number of nitrogens with one attached hydrogen (secondary N) is 4. The summed E-state index contributed by atoms with van der Waals surface area (Å²) in [6.07, 6.45) is 5.65. The Bertz CT molecular complexity index is 2420. The topological polar surface area (TPSA) is 232 Å². The number of methoxy groups -OCH3 is 3. The third-order valence-electron chi connectivity index (χ3n) is 11.7. The first-order valence-corrected chi connectivity index (χ1v) is 20.9.